The normalized spacial score (nSPS) is 11.0. The first-order valence-corrected chi connectivity index (χ1v) is 8.49. The van der Waals surface area contributed by atoms with Crippen LogP contribution in [-0.4, -0.2) is 7.11 Å². The van der Waals surface area contributed by atoms with Gasteiger partial charge in [0.1, 0.15) is 11.3 Å². The highest BCUT2D eigenvalue weighted by Crippen LogP contribution is 2.29. The Morgan fingerprint density at radius 1 is 1.04 bits per heavy atom. The van der Waals surface area contributed by atoms with Crippen LogP contribution in [0.25, 0.3) is 21.7 Å². The molecule has 4 heteroatoms. The molecule has 0 unspecified atom stereocenters. The molecule has 1 heterocycles. The largest absolute Gasteiger partial charge is 0.495 e. The third kappa shape index (κ3) is 2.90. The van der Waals surface area contributed by atoms with E-state index in [1.807, 2.05) is 49.4 Å². The van der Waals surface area contributed by atoms with E-state index >= 15 is 0 Å². The van der Waals surface area contributed by atoms with Gasteiger partial charge in [-0.25, -0.2) is 4.79 Å². The summed E-state index contributed by atoms with van der Waals surface area (Å²) < 4.78 is 10.8. The molecule has 1 N–H and O–H groups in total. The van der Waals surface area contributed by atoms with Gasteiger partial charge in [-0.15, -0.1) is 0 Å². The Hall–Kier alpha value is -3.27. The van der Waals surface area contributed by atoms with Crippen LogP contribution in [0, 0.1) is 6.92 Å². The lowest BCUT2D eigenvalue weighted by atomic mass is 10.0. The highest BCUT2D eigenvalue weighted by Gasteiger charge is 2.10. The van der Waals surface area contributed by atoms with Crippen molar-refractivity contribution in [3.8, 4) is 5.75 Å². The average molecular weight is 345 g/mol. The van der Waals surface area contributed by atoms with Crippen molar-refractivity contribution < 1.29 is 9.15 Å². The average Bonchev–Trinajstić information content (AvgIpc) is 2.65. The van der Waals surface area contributed by atoms with E-state index in [-0.39, 0.29) is 5.63 Å². The number of aryl methyl sites for hydroxylation is 1. The summed E-state index contributed by atoms with van der Waals surface area (Å²) in [7, 11) is 1.65. The number of hydrogen-bond acceptors (Lipinski definition) is 4. The minimum absolute atomic E-state index is 0.346. The Balaban J connectivity index is 1.83. The van der Waals surface area contributed by atoms with Gasteiger partial charge in [0.2, 0.25) is 0 Å². The zero-order valence-electron chi connectivity index (χ0n) is 14.7. The zero-order valence-corrected chi connectivity index (χ0v) is 14.7. The molecule has 0 aliphatic heterocycles. The van der Waals surface area contributed by atoms with Crippen LogP contribution in [0.3, 0.4) is 0 Å². The minimum atomic E-state index is -0.346. The number of fused-ring (bicyclic) bond motifs is 3. The lowest BCUT2D eigenvalue weighted by molar-refractivity contribution is 0.416. The van der Waals surface area contributed by atoms with Crippen LogP contribution in [0.2, 0.25) is 0 Å². The van der Waals surface area contributed by atoms with Crippen molar-refractivity contribution in [3.05, 3.63) is 82.2 Å². The van der Waals surface area contributed by atoms with Crippen LogP contribution in [0.5, 0.6) is 5.75 Å². The molecule has 0 saturated heterocycles. The third-order valence-corrected chi connectivity index (χ3v) is 4.54. The molecule has 0 atom stereocenters. The van der Waals surface area contributed by atoms with Gasteiger partial charge in [0, 0.05) is 18.0 Å². The maximum absolute atomic E-state index is 12.0. The first-order valence-electron chi connectivity index (χ1n) is 8.49. The summed E-state index contributed by atoms with van der Waals surface area (Å²) in [5.41, 5.74) is 3.19. The van der Waals surface area contributed by atoms with Crippen molar-refractivity contribution >= 4 is 27.4 Å². The van der Waals surface area contributed by atoms with Crippen LogP contribution in [0.15, 0.2) is 69.9 Å². The van der Waals surface area contributed by atoms with Crippen molar-refractivity contribution in [3.63, 3.8) is 0 Å². The number of ether oxygens (including phenoxy) is 1. The van der Waals surface area contributed by atoms with Crippen molar-refractivity contribution in [1.82, 2.24) is 0 Å². The van der Waals surface area contributed by atoms with Crippen molar-refractivity contribution in [2.75, 3.05) is 12.4 Å². The fraction of sp³-hybridized carbons (Fsp3) is 0.136. The van der Waals surface area contributed by atoms with E-state index in [1.54, 1.807) is 13.2 Å². The lowest BCUT2D eigenvalue weighted by Crippen LogP contribution is -2.07. The molecule has 26 heavy (non-hydrogen) atoms. The molecule has 0 amide bonds. The summed E-state index contributed by atoms with van der Waals surface area (Å²) in [5.74, 6) is 0.771. The van der Waals surface area contributed by atoms with Gasteiger partial charge in [-0.3, -0.25) is 0 Å². The Kier molecular flexibility index (Phi) is 4.09. The summed E-state index contributed by atoms with van der Waals surface area (Å²) in [6, 6.07) is 19.5. The maximum atomic E-state index is 12.0. The van der Waals surface area contributed by atoms with Gasteiger partial charge in [0.05, 0.1) is 12.8 Å². The minimum Gasteiger partial charge on any atom is -0.495 e. The Morgan fingerprint density at radius 3 is 2.73 bits per heavy atom. The van der Waals surface area contributed by atoms with Gasteiger partial charge < -0.3 is 14.5 Å². The molecule has 3 aromatic carbocycles. The molecule has 0 radical (unpaired) electrons. The van der Waals surface area contributed by atoms with Crippen LogP contribution in [-0.2, 0) is 6.54 Å². The Bertz CT molecular complexity index is 1160. The fourth-order valence-corrected chi connectivity index (χ4v) is 3.31. The number of hydrogen-bond donors (Lipinski definition) is 1. The van der Waals surface area contributed by atoms with Crippen molar-refractivity contribution in [2.24, 2.45) is 0 Å². The second-order valence-corrected chi connectivity index (χ2v) is 6.31. The second kappa shape index (κ2) is 6.56. The van der Waals surface area contributed by atoms with Crippen LogP contribution in [0.1, 0.15) is 11.1 Å². The van der Waals surface area contributed by atoms with Gasteiger partial charge in [-0.05, 0) is 47.0 Å². The summed E-state index contributed by atoms with van der Waals surface area (Å²) in [6.45, 7) is 2.53. The zero-order chi connectivity index (χ0) is 18.1. The molecule has 4 aromatic rings. The van der Waals surface area contributed by atoms with Gasteiger partial charge in [-0.2, -0.15) is 0 Å². The van der Waals surface area contributed by atoms with E-state index in [9.17, 15) is 4.79 Å². The van der Waals surface area contributed by atoms with Crippen molar-refractivity contribution in [1.29, 1.82) is 0 Å². The van der Waals surface area contributed by atoms with E-state index in [0.717, 1.165) is 38.7 Å². The molecule has 4 nitrogen and oxygen atoms in total. The van der Waals surface area contributed by atoms with Crippen LogP contribution < -0.4 is 15.7 Å². The monoisotopic (exact) mass is 345 g/mol. The number of rotatable bonds is 4. The first-order chi connectivity index (χ1) is 12.7. The quantitative estimate of drug-likeness (QED) is 0.423. The maximum Gasteiger partial charge on any atom is 0.336 e. The number of nitrogens with one attached hydrogen (secondary N) is 1. The predicted molar refractivity (Wildman–Crippen MR) is 105 cm³/mol. The highest BCUT2D eigenvalue weighted by molar-refractivity contribution is 6.07. The lowest BCUT2D eigenvalue weighted by Gasteiger charge is -2.14. The second-order valence-electron chi connectivity index (χ2n) is 6.31. The summed E-state index contributed by atoms with van der Waals surface area (Å²) >= 11 is 0. The molecule has 0 aliphatic carbocycles. The van der Waals surface area contributed by atoms with Gasteiger partial charge >= 0.3 is 5.63 Å². The van der Waals surface area contributed by atoms with Crippen molar-refractivity contribution in [2.45, 2.75) is 13.5 Å². The number of methoxy groups -OCH3 is 1. The topological polar surface area (TPSA) is 51.5 Å². The van der Waals surface area contributed by atoms with Crippen LogP contribution in [0.4, 0.5) is 5.69 Å². The predicted octanol–water partition coefficient (Wildman–Crippen LogP) is 4.88. The van der Waals surface area contributed by atoms with E-state index in [1.165, 1.54) is 0 Å². The summed E-state index contributed by atoms with van der Waals surface area (Å²) in [5, 5.41) is 6.55. The SMILES string of the molecule is COc1ccc(C)cc1NCc1cc(=O)oc2ccc3ccccc3c12. The van der Waals surface area contributed by atoms with Crippen LogP contribution >= 0.6 is 0 Å². The molecule has 0 fully saturated rings. The summed E-state index contributed by atoms with van der Waals surface area (Å²) in [4.78, 5) is 12.0. The number of anilines is 1. The highest BCUT2D eigenvalue weighted by atomic mass is 16.5. The molecule has 0 saturated carbocycles. The van der Waals surface area contributed by atoms with E-state index < -0.39 is 0 Å². The smallest absolute Gasteiger partial charge is 0.336 e. The molecule has 4 rings (SSSR count). The standard InChI is InChI=1S/C22H19NO3/c1-14-7-9-19(25-2)18(11-14)23-13-16-12-21(24)26-20-10-8-15-5-3-4-6-17(15)22(16)20/h3-12,23H,13H2,1-2H3. The first kappa shape index (κ1) is 16.2. The van der Waals surface area contributed by atoms with Gasteiger partial charge in [-0.1, -0.05) is 36.4 Å². The third-order valence-electron chi connectivity index (χ3n) is 4.54. The Labute approximate surface area is 151 Å². The van der Waals surface area contributed by atoms with E-state index in [4.69, 9.17) is 9.15 Å². The van der Waals surface area contributed by atoms with Gasteiger partial charge in [0.15, 0.2) is 0 Å². The summed E-state index contributed by atoms with van der Waals surface area (Å²) in [6.07, 6.45) is 0. The molecule has 130 valence electrons. The molecule has 1 aromatic heterocycles. The molecule has 0 spiro atoms. The molecular formula is C22H19NO3. The van der Waals surface area contributed by atoms with E-state index in [0.29, 0.717) is 12.1 Å². The molecule has 0 bridgehead atoms. The van der Waals surface area contributed by atoms with Gasteiger partial charge in [0.25, 0.3) is 0 Å². The molecule has 0 aliphatic rings. The fourth-order valence-electron chi connectivity index (χ4n) is 3.31. The Morgan fingerprint density at radius 2 is 1.88 bits per heavy atom. The number of benzene rings is 3. The molecular weight excluding hydrogens is 326 g/mol. The van der Waals surface area contributed by atoms with E-state index in [2.05, 4.69) is 17.4 Å².